The van der Waals surface area contributed by atoms with Gasteiger partial charge in [0, 0.05) is 6.54 Å². The van der Waals surface area contributed by atoms with E-state index in [0.717, 1.165) is 0 Å². The van der Waals surface area contributed by atoms with Crippen LogP contribution in [0.2, 0.25) is 5.02 Å². The summed E-state index contributed by atoms with van der Waals surface area (Å²) in [6.45, 7) is 5.42. The number of hydrogen-bond donors (Lipinski definition) is 2. The zero-order valence-electron chi connectivity index (χ0n) is 10.9. The molecule has 2 heterocycles. The first-order valence-corrected chi connectivity index (χ1v) is 6.36. The zero-order valence-corrected chi connectivity index (χ0v) is 11.7. The molecule has 0 spiro atoms. The molecule has 104 valence electrons. The topological polar surface area (TPSA) is 80.5 Å². The van der Waals surface area contributed by atoms with E-state index in [4.69, 9.17) is 22.2 Å². The Hall–Kier alpha value is -1.37. The molecule has 0 unspecified atom stereocenters. The number of nitrogen functional groups attached to an aromatic ring is 1. The third-order valence-electron chi connectivity index (χ3n) is 3.09. The summed E-state index contributed by atoms with van der Waals surface area (Å²) in [7, 11) is 0. The van der Waals surface area contributed by atoms with Crippen molar-refractivity contribution >= 4 is 23.3 Å². The van der Waals surface area contributed by atoms with Crippen LogP contribution in [-0.4, -0.2) is 41.1 Å². The highest BCUT2D eigenvalue weighted by atomic mass is 35.5. The van der Waals surface area contributed by atoms with Crippen molar-refractivity contribution in [3.63, 3.8) is 0 Å². The summed E-state index contributed by atoms with van der Waals surface area (Å²) in [5.41, 5.74) is 2.23. The molecule has 0 bridgehead atoms. The molecule has 1 aromatic rings. The Balaban J connectivity index is 2.33. The Bertz CT molecular complexity index is 493. The summed E-state index contributed by atoms with van der Waals surface area (Å²) in [5, 5.41) is 0.311. The lowest BCUT2D eigenvalue weighted by Crippen LogP contribution is -2.55. The minimum atomic E-state index is -0.382. The molecule has 3 N–H and O–H groups in total. The van der Waals surface area contributed by atoms with Gasteiger partial charge in [0.05, 0.1) is 23.8 Å². The van der Waals surface area contributed by atoms with Crippen molar-refractivity contribution in [1.29, 1.82) is 0 Å². The Labute approximate surface area is 116 Å². The molecule has 1 aromatic heterocycles. The molecule has 0 atom stereocenters. The molecule has 19 heavy (non-hydrogen) atoms. The van der Waals surface area contributed by atoms with E-state index in [-0.39, 0.29) is 17.1 Å². The summed E-state index contributed by atoms with van der Waals surface area (Å²) in [6.07, 6.45) is 0. The maximum atomic E-state index is 12.6. The number of anilines is 1. The van der Waals surface area contributed by atoms with Gasteiger partial charge in [0.1, 0.15) is 11.5 Å². The van der Waals surface area contributed by atoms with Crippen LogP contribution in [0, 0.1) is 0 Å². The van der Waals surface area contributed by atoms with E-state index >= 15 is 0 Å². The first-order valence-electron chi connectivity index (χ1n) is 5.98. The monoisotopic (exact) mass is 284 g/mol. The number of aromatic nitrogens is 1. The largest absolute Gasteiger partial charge is 0.377 e. The molecule has 1 aliphatic rings. The lowest BCUT2D eigenvalue weighted by Gasteiger charge is -2.42. The molecule has 0 radical (unpaired) electrons. The number of hydrazine groups is 1. The van der Waals surface area contributed by atoms with Gasteiger partial charge in [0.2, 0.25) is 0 Å². The number of rotatable bonds is 2. The number of nitrogens with one attached hydrogen (secondary N) is 1. The van der Waals surface area contributed by atoms with E-state index in [2.05, 4.69) is 10.4 Å². The van der Waals surface area contributed by atoms with Gasteiger partial charge in [-0.3, -0.25) is 4.79 Å². The fraction of sp³-hybridized carbons (Fsp3) is 0.500. The van der Waals surface area contributed by atoms with E-state index < -0.39 is 0 Å². The van der Waals surface area contributed by atoms with Gasteiger partial charge in [0.15, 0.2) is 0 Å². The fourth-order valence-corrected chi connectivity index (χ4v) is 2.22. The van der Waals surface area contributed by atoms with Gasteiger partial charge in [-0.1, -0.05) is 11.6 Å². The van der Waals surface area contributed by atoms with Crippen LogP contribution in [0.25, 0.3) is 0 Å². The Kier molecular flexibility index (Phi) is 3.93. The second kappa shape index (κ2) is 5.32. The fourth-order valence-electron chi connectivity index (χ4n) is 2.04. The molecular weight excluding hydrogens is 268 g/mol. The first kappa shape index (κ1) is 14.0. The summed E-state index contributed by atoms with van der Waals surface area (Å²) in [4.78, 5) is 18.4. The van der Waals surface area contributed by atoms with Crippen molar-refractivity contribution < 1.29 is 9.53 Å². The molecule has 2 rings (SSSR count). The molecule has 0 saturated carbocycles. The number of pyridine rings is 1. The molecular formula is C12H17ClN4O2. The number of halogens is 1. The predicted molar refractivity (Wildman–Crippen MR) is 73.0 cm³/mol. The Morgan fingerprint density at radius 2 is 2.32 bits per heavy atom. The molecule has 1 aliphatic heterocycles. The van der Waals surface area contributed by atoms with Gasteiger partial charge in [-0.15, -0.1) is 0 Å². The van der Waals surface area contributed by atoms with Crippen LogP contribution in [-0.2, 0) is 4.74 Å². The average Bonchev–Trinajstić information content (AvgIpc) is 2.38. The van der Waals surface area contributed by atoms with Gasteiger partial charge >= 0.3 is 0 Å². The highest BCUT2D eigenvalue weighted by molar-refractivity contribution is 6.33. The summed E-state index contributed by atoms with van der Waals surface area (Å²) >= 11 is 6.05. The Morgan fingerprint density at radius 3 is 2.95 bits per heavy atom. The van der Waals surface area contributed by atoms with Crippen LogP contribution < -0.4 is 11.3 Å². The van der Waals surface area contributed by atoms with Crippen molar-refractivity contribution in [1.82, 2.24) is 9.88 Å². The van der Waals surface area contributed by atoms with Gasteiger partial charge in [0.25, 0.3) is 5.91 Å². The third kappa shape index (κ3) is 2.80. The van der Waals surface area contributed by atoms with Crippen LogP contribution in [0.1, 0.15) is 24.3 Å². The van der Waals surface area contributed by atoms with Crippen molar-refractivity contribution in [2.75, 3.05) is 25.2 Å². The summed E-state index contributed by atoms with van der Waals surface area (Å²) in [5.74, 6) is 5.49. The maximum Gasteiger partial charge on any atom is 0.274 e. The lowest BCUT2D eigenvalue weighted by atomic mass is 10.0. The summed E-state index contributed by atoms with van der Waals surface area (Å²) in [6, 6.07) is 3.22. The lowest BCUT2D eigenvalue weighted by molar-refractivity contribution is -0.0373. The van der Waals surface area contributed by atoms with E-state index in [0.29, 0.717) is 30.6 Å². The normalized spacial score (nSPS) is 18.2. The van der Waals surface area contributed by atoms with Crippen LogP contribution in [0.5, 0.6) is 0 Å². The number of nitrogens with zero attached hydrogens (tertiary/aromatic N) is 2. The van der Waals surface area contributed by atoms with Crippen molar-refractivity contribution in [2.45, 2.75) is 19.4 Å². The van der Waals surface area contributed by atoms with E-state index in [1.807, 2.05) is 13.8 Å². The van der Waals surface area contributed by atoms with E-state index in [9.17, 15) is 4.79 Å². The SMILES string of the molecule is CC1(C)COCCN1C(=O)c1nc(NN)ccc1Cl. The number of carbonyl (C=O) groups excluding carboxylic acids is 1. The number of nitrogens with two attached hydrogens (primary N) is 1. The molecule has 1 saturated heterocycles. The highest BCUT2D eigenvalue weighted by Crippen LogP contribution is 2.24. The van der Waals surface area contributed by atoms with Crippen molar-refractivity contribution in [3.8, 4) is 0 Å². The smallest absolute Gasteiger partial charge is 0.274 e. The molecule has 0 aliphatic carbocycles. The third-order valence-corrected chi connectivity index (χ3v) is 3.39. The minimum absolute atomic E-state index is 0.201. The number of hydrogen-bond acceptors (Lipinski definition) is 5. The minimum Gasteiger partial charge on any atom is -0.377 e. The van der Waals surface area contributed by atoms with Crippen molar-refractivity contribution in [2.24, 2.45) is 5.84 Å². The summed E-state index contributed by atoms with van der Waals surface area (Å²) < 4.78 is 5.40. The van der Waals surface area contributed by atoms with E-state index in [1.165, 1.54) is 0 Å². The molecule has 6 nitrogen and oxygen atoms in total. The van der Waals surface area contributed by atoms with Gasteiger partial charge in [-0.25, -0.2) is 10.8 Å². The second-order valence-electron chi connectivity index (χ2n) is 4.99. The van der Waals surface area contributed by atoms with Gasteiger partial charge in [-0.2, -0.15) is 0 Å². The molecule has 7 heteroatoms. The van der Waals surface area contributed by atoms with Gasteiger partial charge in [-0.05, 0) is 26.0 Å². The van der Waals surface area contributed by atoms with Crippen LogP contribution >= 0.6 is 11.6 Å². The quantitative estimate of drug-likeness (QED) is 0.631. The second-order valence-corrected chi connectivity index (χ2v) is 5.40. The zero-order chi connectivity index (χ0) is 14.0. The molecule has 1 amide bonds. The standard InChI is InChI=1S/C12H17ClN4O2/c1-12(2)7-19-6-5-17(12)11(18)10-8(13)3-4-9(15-10)16-14/h3-4H,5-7,14H2,1-2H3,(H,15,16). The van der Waals surface area contributed by atoms with Crippen LogP contribution in [0.15, 0.2) is 12.1 Å². The number of ether oxygens (including phenoxy) is 1. The van der Waals surface area contributed by atoms with Crippen LogP contribution in [0.3, 0.4) is 0 Å². The Morgan fingerprint density at radius 1 is 1.58 bits per heavy atom. The van der Waals surface area contributed by atoms with E-state index in [1.54, 1.807) is 17.0 Å². The molecule has 1 fully saturated rings. The van der Waals surface area contributed by atoms with Crippen molar-refractivity contribution in [3.05, 3.63) is 22.8 Å². The number of carbonyl (C=O) groups is 1. The predicted octanol–water partition coefficient (Wildman–Crippen LogP) is 1.27. The van der Waals surface area contributed by atoms with Crippen LogP contribution in [0.4, 0.5) is 5.82 Å². The maximum absolute atomic E-state index is 12.6. The molecule has 0 aromatic carbocycles. The van der Waals surface area contributed by atoms with Gasteiger partial charge < -0.3 is 15.1 Å². The number of morpholine rings is 1. The first-order chi connectivity index (χ1) is 8.95. The highest BCUT2D eigenvalue weighted by Gasteiger charge is 2.35. The average molecular weight is 285 g/mol. The number of amides is 1.